The second-order valence-electron chi connectivity index (χ2n) is 10.5. The van der Waals surface area contributed by atoms with E-state index in [1.165, 1.54) is 36.1 Å². The molecule has 0 aliphatic heterocycles. The second kappa shape index (κ2) is 12.5. The number of nitrogens with one attached hydrogen (secondary N) is 3. The van der Waals surface area contributed by atoms with E-state index in [1.807, 2.05) is 24.2 Å². The summed E-state index contributed by atoms with van der Waals surface area (Å²) in [6.07, 6.45) is 12.9. The quantitative estimate of drug-likeness (QED) is 0.335. The highest BCUT2D eigenvalue weighted by Crippen LogP contribution is 2.37. The van der Waals surface area contributed by atoms with E-state index in [0.29, 0.717) is 24.9 Å². The summed E-state index contributed by atoms with van der Waals surface area (Å²) in [6.45, 7) is 4.44. The SMILES string of the molecule is CCCNC(C(=O)N(C)CC(NCC(=O)NCCCc1ncccc1C1CCC1)=C1CC1)C1CC1. The highest BCUT2D eigenvalue weighted by atomic mass is 16.2. The molecule has 3 saturated carbocycles. The molecular formula is C28H43N5O2. The summed E-state index contributed by atoms with van der Waals surface area (Å²) in [4.78, 5) is 32.0. The number of hydrogen-bond donors (Lipinski definition) is 3. The van der Waals surface area contributed by atoms with Crippen LogP contribution in [0.5, 0.6) is 0 Å². The molecule has 1 aromatic heterocycles. The van der Waals surface area contributed by atoms with Gasteiger partial charge in [0.2, 0.25) is 11.8 Å². The molecule has 7 heteroatoms. The van der Waals surface area contributed by atoms with E-state index in [0.717, 1.165) is 57.2 Å². The molecule has 1 atom stereocenters. The van der Waals surface area contributed by atoms with Crippen LogP contribution in [0.25, 0.3) is 0 Å². The summed E-state index contributed by atoms with van der Waals surface area (Å²) in [7, 11) is 1.88. The molecule has 0 bridgehead atoms. The molecule has 3 aliphatic rings. The van der Waals surface area contributed by atoms with E-state index in [2.05, 4.69) is 33.9 Å². The van der Waals surface area contributed by atoms with E-state index in [9.17, 15) is 9.59 Å². The Morgan fingerprint density at radius 2 is 1.94 bits per heavy atom. The smallest absolute Gasteiger partial charge is 0.240 e. The van der Waals surface area contributed by atoms with Gasteiger partial charge in [-0.05, 0) is 93.4 Å². The molecule has 1 heterocycles. The topological polar surface area (TPSA) is 86.4 Å². The number of pyridine rings is 1. The van der Waals surface area contributed by atoms with Gasteiger partial charge in [-0.3, -0.25) is 14.6 Å². The monoisotopic (exact) mass is 481 g/mol. The van der Waals surface area contributed by atoms with Crippen molar-refractivity contribution in [2.75, 3.05) is 33.2 Å². The molecule has 0 saturated heterocycles. The number of amides is 2. The van der Waals surface area contributed by atoms with Crippen LogP contribution in [-0.4, -0.2) is 61.0 Å². The van der Waals surface area contributed by atoms with Gasteiger partial charge in [-0.25, -0.2) is 0 Å². The highest BCUT2D eigenvalue weighted by molar-refractivity contribution is 5.82. The van der Waals surface area contributed by atoms with Crippen LogP contribution < -0.4 is 16.0 Å². The highest BCUT2D eigenvalue weighted by Gasteiger charge is 2.37. The number of nitrogens with zero attached hydrogens (tertiary/aromatic N) is 2. The van der Waals surface area contributed by atoms with Crippen molar-refractivity contribution < 1.29 is 9.59 Å². The van der Waals surface area contributed by atoms with E-state index in [4.69, 9.17) is 0 Å². The second-order valence-corrected chi connectivity index (χ2v) is 10.5. The zero-order chi connectivity index (χ0) is 24.6. The number of likely N-dealkylation sites (N-methyl/N-ethyl adjacent to an activating group) is 1. The maximum atomic E-state index is 13.1. The van der Waals surface area contributed by atoms with Crippen molar-refractivity contribution in [3.63, 3.8) is 0 Å². The van der Waals surface area contributed by atoms with Crippen molar-refractivity contribution >= 4 is 11.8 Å². The maximum absolute atomic E-state index is 13.1. The molecule has 4 rings (SSSR count). The van der Waals surface area contributed by atoms with Crippen LogP contribution >= 0.6 is 0 Å². The van der Waals surface area contributed by atoms with Gasteiger partial charge in [0.1, 0.15) is 0 Å². The normalized spacial score (nSPS) is 17.9. The Labute approximate surface area is 210 Å². The molecule has 3 fully saturated rings. The fourth-order valence-electron chi connectivity index (χ4n) is 4.88. The fourth-order valence-corrected chi connectivity index (χ4v) is 4.88. The third kappa shape index (κ3) is 7.53. The van der Waals surface area contributed by atoms with Crippen molar-refractivity contribution in [3.05, 3.63) is 40.9 Å². The van der Waals surface area contributed by atoms with Crippen LogP contribution in [0.1, 0.15) is 81.9 Å². The molecular weight excluding hydrogens is 438 g/mol. The van der Waals surface area contributed by atoms with Gasteiger partial charge in [-0.2, -0.15) is 0 Å². The minimum Gasteiger partial charge on any atom is -0.378 e. The van der Waals surface area contributed by atoms with Gasteiger partial charge in [0.05, 0.1) is 19.1 Å². The number of aromatic nitrogens is 1. The van der Waals surface area contributed by atoms with Crippen molar-refractivity contribution in [2.45, 2.75) is 83.1 Å². The summed E-state index contributed by atoms with van der Waals surface area (Å²) < 4.78 is 0. The van der Waals surface area contributed by atoms with Crippen LogP contribution in [0.2, 0.25) is 0 Å². The van der Waals surface area contributed by atoms with Gasteiger partial charge in [0, 0.05) is 31.2 Å². The first-order valence-corrected chi connectivity index (χ1v) is 13.7. The van der Waals surface area contributed by atoms with Crippen LogP contribution in [0.4, 0.5) is 0 Å². The molecule has 0 spiro atoms. The van der Waals surface area contributed by atoms with Gasteiger partial charge < -0.3 is 20.9 Å². The number of allylic oxidation sites excluding steroid dienone is 1. The largest absolute Gasteiger partial charge is 0.378 e. The van der Waals surface area contributed by atoms with Gasteiger partial charge in [-0.1, -0.05) is 19.4 Å². The van der Waals surface area contributed by atoms with Crippen LogP contribution in [0.15, 0.2) is 29.6 Å². The van der Waals surface area contributed by atoms with Crippen molar-refractivity contribution in [1.29, 1.82) is 0 Å². The molecule has 7 nitrogen and oxygen atoms in total. The number of aryl methyl sites for hydroxylation is 1. The van der Waals surface area contributed by atoms with Gasteiger partial charge in [0.15, 0.2) is 0 Å². The minimum absolute atomic E-state index is 0.00145. The number of rotatable bonds is 15. The van der Waals surface area contributed by atoms with Crippen LogP contribution in [0.3, 0.4) is 0 Å². The summed E-state index contributed by atoms with van der Waals surface area (Å²) in [5.74, 6) is 1.32. The zero-order valence-electron chi connectivity index (χ0n) is 21.6. The molecule has 0 radical (unpaired) electrons. The molecule has 0 aromatic carbocycles. The molecule has 1 unspecified atom stereocenters. The maximum Gasteiger partial charge on any atom is 0.240 e. The van der Waals surface area contributed by atoms with E-state index in [1.54, 1.807) is 0 Å². The van der Waals surface area contributed by atoms with E-state index >= 15 is 0 Å². The summed E-state index contributed by atoms with van der Waals surface area (Å²) in [5.41, 5.74) is 4.97. The van der Waals surface area contributed by atoms with Crippen molar-refractivity contribution in [3.8, 4) is 0 Å². The van der Waals surface area contributed by atoms with Gasteiger partial charge >= 0.3 is 0 Å². The average molecular weight is 482 g/mol. The minimum atomic E-state index is -0.0717. The average Bonchev–Trinajstić information content (AvgIpc) is 3.73. The number of carbonyl (C=O) groups excluding carboxylic acids is 2. The lowest BCUT2D eigenvalue weighted by Gasteiger charge is -2.27. The Hall–Kier alpha value is -2.41. The van der Waals surface area contributed by atoms with Gasteiger partial charge in [0.25, 0.3) is 0 Å². The molecule has 1 aromatic rings. The van der Waals surface area contributed by atoms with Crippen LogP contribution in [-0.2, 0) is 16.0 Å². The molecule has 3 aliphatic carbocycles. The molecule has 192 valence electrons. The summed E-state index contributed by atoms with van der Waals surface area (Å²) in [6, 6.07) is 4.18. The first kappa shape index (κ1) is 25.7. The van der Waals surface area contributed by atoms with Crippen LogP contribution in [0, 0.1) is 5.92 Å². The summed E-state index contributed by atoms with van der Waals surface area (Å²) in [5, 5.41) is 9.82. The lowest BCUT2D eigenvalue weighted by Crippen LogP contribution is -2.48. The van der Waals surface area contributed by atoms with Crippen molar-refractivity contribution in [2.24, 2.45) is 5.92 Å². The third-order valence-electron chi connectivity index (χ3n) is 7.52. The van der Waals surface area contributed by atoms with Crippen molar-refractivity contribution in [1.82, 2.24) is 25.8 Å². The molecule has 35 heavy (non-hydrogen) atoms. The lowest BCUT2D eigenvalue weighted by atomic mass is 9.79. The molecule has 2 amide bonds. The standard InChI is InChI=1S/C28H43N5O2/c1-3-15-31-27(22-13-14-22)28(35)33(2)19-25(21-11-12-21)32-18-26(34)30-17-6-10-24-23(9-5-16-29-24)20-7-4-8-20/h5,9,16,20,22,27,31-32H,3-4,6-8,10-15,17-19H2,1-2H3,(H,30,34). The lowest BCUT2D eigenvalue weighted by molar-refractivity contribution is -0.132. The zero-order valence-corrected chi connectivity index (χ0v) is 21.6. The van der Waals surface area contributed by atoms with E-state index < -0.39 is 0 Å². The molecule has 3 N–H and O–H groups in total. The predicted molar refractivity (Wildman–Crippen MR) is 139 cm³/mol. The Morgan fingerprint density at radius 1 is 1.14 bits per heavy atom. The Bertz CT molecular complexity index is 900. The number of carbonyl (C=O) groups is 2. The first-order valence-electron chi connectivity index (χ1n) is 13.7. The Morgan fingerprint density at radius 3 is 2.60 bits per heavy atom. The Kier molecular flexibility index (Phi) is 9.18. The third-order valence-corrected chi connectivity index (χ3v) is 7.52. The fraction of sp³-hybridized carbons (Fsp3) is 0.679. The predicted octanol–water partition coefficient (Wildman–Crippen LogP) is 3.27. The van der Waals surface area contributed by atoms with Gasteiger partial charge in [-0.15, -0.1) is 0 Å². The number of hydrogen-bond acceptors (Lipinski definition) is 5. The van der Waals surface area contributed by atoms with E-state index in [-0.39, 0.29) is 24.4 Å². The first-order chi connectivity index (χ1) is 17.1. The Balaban J connectivity index is 1.18. The summed E-state index contributed by atoms with van der Waals surface area (Å²) >= 11 is 0.